The van der Waals surface area contributed by atoms with E-state index in [1.54, 1.807) is 0 Å². The summed E-state index contributed by atoms with van der Waals surface area (Å²) in [6.45, 7) is 4.68. The second-order valence-electron chi connectivity index (χ2n) is 13.0. The van der Waals surface area contributed by atoms with Crippen molar-refractivity contribution >= 4 is 43.7 Å². The van der Waals surface area contributed by atoms with E-state index in [0.29, 0.717) is 5.95 Å². The summed E-state index contributed by atoms with van der Waals surface area (Å²) in [5, 5.41) is 4.59. The molecule has 0 spiro atoms. The van der Waals surface area contributed by atoms with Crippen LogP contribution in [0.5, 0.6) is 0 Å². The van der Waals surface area contributed by atoms with Gasteiger partial charge in [-0.15, -0.1) is 0 Å². The van der Waals surface area contributed by atoms with Gasteiger partial charge in [0, 0.05) is 43.7 Å². The average Bonchev–Trinajstić information content (AvgIpc) is 3.75. The Morgan fingerprint density at radius 1 is 0.596 bits per heavy atom. The smallest absolute Gasteiger partial charge is 0.235 e. The predicted octanol–water partition coefficient (Wildman–Crippen LogP) is 11.1. The maximum Gasteiger partial charge on any atom is 0.235 e. The predicted molar refractivity (Wildman–Crippen MR) is 192 cm³/mol. The topological polar surface area (TPSA) is 43.9 Å². The molecule has 0 atom stereocenters. The van der Waals surface area contributed by atoms with Crippen molar-refractivity contribution in [3.8, 4) is 39.6 Å². The Morgan fingerprint density at radius 2 is 1.19 bits per heavy atom. The number of furan rings is 1. The minimum Gasteiger partial charge on any atom is -0.455 e. The molecule has 1 aliphatic carbocycles. The maximum absolute atomic E-state index is 6.83. The van der Waals surface area contributed by atoms with Crippen LogP contribution in [0.2, 0.25) is 0 Å². The van der Waals surface area contributed by atoms with Gasteiger partial charge < -0.3 is 4.42 Å². The highest BCUT2D eigenvalue weighted by Crippen LogP contribution is 2.57. The van der Waals surface area contributed by atoms with Crippen LogP contribution in [-0.4, -0.2) is 14.5 Å². The third-order valence-electron chi connectivity index (χ3n) is 9.98. The van der Waals surface area contributed by atoms with Crippen molar-refractivity contribution in [2.45, 2.75) is 19.3 Å². The summed E-state index contributed by atoms with van der Waals surface area (Å²) in [4.78, 5) is 10.7. The number of nitrogens with zero attached hydrogens (tertiary/aromatic N) is 3. The van der Waals surface area contributed by atoms with Gasteiger partial charge in [0.25, 0.3) is 0 Å². The minimum atomic E-state index is -0.303. The zero-order chi connectivity index (χ0) is 31.3. The minimum absolute atomic E-state index is 0.303. The summed E-state index contributed by atoms with van der Waals surface area (Å²) < 4.78 is 9.15. The molecular weight excluding hydrogens is 574 g/mol. The fraction of sp³-hybridized carbons (Fsp3) is 0.0698. The highest BCUT2D eigenvalue weighted by Gasteiger charge is 2.41. The van der Waals surface area contributed by atoms with Gasteiger partial charge in [0.15, 0.2) is 0 Å². The molecule has 3 aromatic heterocycles. The van der Waals surface area contributed by atoms with Gasteiger partial charge in [-0.25, -0.2) is 9.97 Å². The van der Waals surface area contributed by atoms with Gasteiger partial charge in [-0.2, -0.15) is 0 Å². The molecule has 4 nitrogen and oxygen atoms in total. The third-order valence-corrected chi connectivity index (χ3v) is 9.98. The van der Waals surface area contributed by atoms with Crippen molar-refractivity contribution in [1.82, 2.24) is 14.5 Å². The van der Waals surface area contributed by atoms with Gasteiger partial charge in [-0.05, 0) is 34.9 Å². The number of aromatic nitrogens is 3. The van der Waals surface area contributed by atoms with Crippen LogP contribution in [0.1, 0.15) is 25.0 Å². The van der Waals surface area contributed by atoms with Crippen LogP contribution >= 0.6 is 0 Å². The molecule has 0 saturated heterocycles. The molecule has 0 amide bonds. The van der Waals surface area contributed by atoms with Gasteiger partial charge in [0.1, 0.15) is 11.2 Å². The molecule has 0 bridgehead atoms. The van der Waals surface area contributed by atoms with Crippen LogP contribution in [0.15, 0.2) is 144 Å². The summed E-state index contributed by atoms with van der Waals surface area (Å²) >= 11 is 0. The Hall–Kier alpha value is -6.00. The van der Waals surface area contributed by atoms with Gasteiger partial charge in [0.2, 0.25) is 5.95 Å². The zero-order valence-corrected chi connectivity index (χ0v) is 26.0. The SMILES string of the molecule is CC1(C)c2ccccc2-c2c1c1c(c3ccccc3n1-c1nc(-c3ccccc3)cc(-c3ccccc3)n1)c1c2oc2ccccc21. The van der Waals surface area contributed by atoms with E-state index in [1.165, 1.54) is 22.1 Å². The van der Waals surface area contributed by atoms with E-state index in [4.69, 9.17) is 14.4 Å². The van der Waals surface area contributed by atoms with Crippen molar-refractivity contribution < 1.29 is 4.42 Å². The lowest BCUT2D eigenvalue weighted by Crippen LogP contribution is -2.17. The zero-order valence-electron chi connectivity index (χ0n) is 26.0. The van der Waals surface area contributed by atoms with E-state index in [-0.39, 0.29) is 5.41 Å². The Kier molecular flexibility index (Phi) is 5.31. The molecule has 4 heteroatoms. The Balaban J connectivity index is 1.44. The average molecular weight is 604 g/mol. The molecule has 9 aromatic rings. The van der Waals surface area contributed by atoms with Gasteiger partial charge >= 0.3 is 0 Å². The molecule has 0 radical (unpaired) electrons. The number of benzene rings is 6. The van der Waals surface area contributed by atoms with Crippen molar-refractivity contribution in [2.75, 3.05) is 0 Å². The number of rotatable bonds is 3. The molecule has 222 valence electrons. The van der Waals surface area contributed by atoms with Gasteiger partial charge in [0.05, 0.1) is 22.4 Å². The van der Waals surface area contributed by atoms with Crippen molar-refractivity contribution in [3.05, 3.63) is 151 Å². The lowest BCUT2D eigenvalue weighted by Gasteiger charge is -2.23. The van der Waals surface area contributed by atoms with E-state index < -0.39 is 0 Å². The molecule has 0 fully saturated rings. The second-order valence-corrected chi connectivity index (χ2v) is 13.0. The number of para-hydroxylation sites is 2. The quantitative estimate of drug-likeness (QED) is 0.202. The van der Waals surface area contributed by atoms with Crippen LogP contribution in [-0.2, 0) is 5.41 Å². The van der Waals surface area contributed by atoms with Crippen molar-refractivity contribution in [2.24, 2.45) is 0 Å². The lowest BCUT2D eigenvalue weighted by molar-refractivity contribution is 0.656. The fourth-order valence-electron chi connectivity index (χ4n) is 7.93. The number of fused-ring (bicyclic) bond motifs is 12. The first kappa shape index (κ1) is 26.2. The standard InChI is InChI=1S/C43H29N3O/c1-43(2)31-22-12-9-19-28(31)38-39(43)40-36(37-30-21-11-14-24-35(30)47-41(37)38)29-20-10-13-23-34(29)46(40)42-44-32(26-15-5-3-6-16-26)25-33(45-42)27-17-7-4-8-18-27/h3-25H,1-2H3. The molecule has 0 saturated carbocycles. The van der Waals surface area contributed by atoms with E-state index in [2.05, 4.69) is 146 Å². The molecule has 0 aliphatic heterocycles. The first-order chi connectivity index (χ1) is 23.1. The molecule has 10 rings (SSSR count). The molecule has 47 heavy (non-hydrogen) atoms. The summed E-state index contributed by atoms with van der Waals surface area (Å²) in [6, 6.07) is 48.8. The van der Waals surface area contributed by atoms with E-state index in [0.717, 1.165) is 66.4 Å². The highest BCUT2D eigenvalue weighted by atomic mass is 16.3. The summed E-state index contributed by atoms with van der Waals surface area (Å²) in [7, 11) is 0. The van der Waals surface area contributed by atoms with E-state index in [1.807, 2.05) is 12.1 Å². The monoisotopic (exact) mass is 603 g/mol. The molecule has 3 heterocycles. The van der Waals surface area contributed by atoms with Crippen molar-refractivity contribution in [3.63, 3.8) is 0 Å². The summed E-state index contributed by atoms with van der Waals surface area (Å²) in [6.07, 6.45) is 0. The summed E-state index contributed by atoms with van der Waals surface area (Å²) in [5.74, 6) is 0.650. The Labute approximate surface area is 271 Å². The number of hydrogen-bond acceptors (Lipinski definition) is 3. The van der Waals surface area contributed by atoms with Crippen molar-refractivity contribution in [1.29, 1.82) is 0 Å². The second kappa shape index (κ2) is 9.51. The van der Waals surface area contributed by atoms with E-state index >= 15 is 0 Å². The fourth-order valence-corrected chi connectivity index (χ4v) is 7.93. The first-order valence-corrected chi connectivity index (χ1v) is 16.1. The molecule has 0 N–H and O–H groups in total. The van der Waals surface area contributed by atoms with Gasteiger partial charge in [-0.3, -0.25) is 4.57 Å². The third kappa shape index (κ3) is 3.58. The van der Waals surface area contributed by atoms with Crippen LogP contribution < -0.4 is 0 Å². The van der Waals surface area contributed by atoms with E-state index in [9.17, 15) is 0 Å². The lowest BCUT2D eigenvalue weighted by atomic mass is 9.81. The van der Waals surface area contributed by atoms with Crippen LogP contribution in [0.4, 0.5) is 0 Å². The number of hydrogen-bond donors (Lipinski definition) is 0. The van der Waals surface area contributed by atoms with Crippen LogP contribution in [0.3, 0.4) is 0 Å². The largest absolute Gasteiger partial charge is 0.455 e. The Bertz CT molecular complexity index is 2640. The molecular formula is C43H29N3O. The van der Waals surface area contributed by atoms with Gasteiger partial charge in [-0.1, -0.05) is 135 Å². The molecule has 0 unspecified atom stereocenters. The van der Waals surface area contributed by atoms with Crippen LogP contribution in [0.25, 0.3) is 83.3 Å². The normalized spacial score (nSPS) is 13.5. The van der Waals surface area contributed by atoms with Crippen LogP contribution in [0, 0.1) is 0 Å². The highest BCUT2D eigenvalue weighted by molar-refractivity contribution is 6.31. The molecule has 1 aliphatic rings. The maximum atomic E-state index is 6.83. The first-order valence-electron chi connectivity index (χ1n) is 16.1. The summed E-state index contributed by atoms with van der Waals surface area (Å²) in [5.41, 5.74) is 12.5. The molecule has 6 aromatic carbocycles. The Morgan fingerprint density at radius 3 is 1.91 bits per heavy atom.